The summed E-state index contributed by atoms with van der Waals surface area (Å²) in [6.45, 7) is 0. The summed E-state index contributed by atoms with van der Waals surface area (Å²) in [5.74, 6) is 0.266. The molecule has 156 valence electrons. The quantitative estimate of drug-likeness (QED) is 0.276. The molecule has 0 spiro atoms. The maximum atomic E-state index is 12.7. The van der Waals surface area contributed by atoms with Gasteiger partial charge in [-0.05, 0) is 24.3 Å². The molecule has 0 bridgehead atoms. The number of nitrogens with zero attached hydrogens (tertiary/aromatic N) is 3. The van der Waals surface area contributed by atoms with Gasteiger partial charge in [0.1, 0.15) is 0 Å². The third-order valence-corrected chi connectivity index (χ3v) is 5.82. The lowest BCUT2D eigenvalue weighted by Crippen LogP contribution is -2.11. The van der Waals surface area contributed by atoms with Crippen LogP contribution in [0.1, 0.15) is 10.4 Å². The molecular weight excluding hydrogens is 426 g/mol. The van der Waals surface area contributed by atoms with Crippen molar-refractivity contribution in [1.82, 2.24) is 15.0 Å². The van der Waals surface area contributed by atoms with Gasteiger partial charge in [-0.3, -0.25) is 20.2 Å². The van der Waals surface area contributed by atoms with Crippen LogP contribution in [0.2, 0.25) is 0 Å². The molecule has 0 aliphatic heterocycles. The molecule has 0 unspecified atom stereocenters. The van der Waals surface area contributed by atoms with Gasteiger partial charge in [0.2, 0.25) is 0 Å². The van der Waals surface area contributed by atoms with Crippen LogP contribution in [0, 0.1) is 10.1 Å². The number of benzene rings is 3. The standard InChI is InChI=1S/C23H15N5O3S/c29-22(15-10-12-16(13-11-15)28(30)31)27-23-26-19(14-6-2-1-3-7-14)20(32-23)21-24-17-8-4-5-9-18(17)25-21/h1-13H,(H,24,25)(H,26,27,29). The predicted octanol–water partition coefficient (Wildman–Crippen LogP) is 5.51. The first-order valence-electron chi connectivity index (χ1n) is 9.65. The lowest BCUT2D eigenvalue weighted by Gasteiger charge is -2.01. The molecule has 0 atom stereocenters. The first kappa shape index (κ1) is 19.6. The average Bonchev–Trinajstić information content (AvgIpc) is 3.44. The van der Waals surface area contributed by atoms with E-state index in [0.29, 0.717) is 22.2 Å². The first-order chi connectivity index (χ1) is 15.6. The van der Waals surface area contributed by atoms with E-state index >= 15 is 0 Å². The minimum atomic E-state index is -0.506. The Balaban J connectivity index is 1.52. The molecule has 0 saturated carbocycles. The van der Waals surface area contributed by atoms with Crippen molar-refractivity contribution in [3.63, 3.8) is 0 Å². The Morgan fingerprint density at radius 2 is 1.66 bits per heavy atom. The van der Waals surface area contributed by atoms with E-state index < -0.39 is 10.8 Å². The number of thiazole rings is 1. The van der Waals surface area contributed by atoms with Gasteiger partial charge in [0, 0.05) is 23.3 Å². The number of nitrogens with one attached hydrogen (secondary N) is 2. The highest BCUT2D eigenvalue weighted by molar-refractivity contribution is 7.19. The summed E-state index contributed by atoms with van der Waals surface area (Å²) >= 11 is 1.31. The van der Waals surface area contributed by atoms with E-state index in [0.717, 1.165) is 21.5 Å². The zero-order chi connectivity index (χ0) is 22.1. The molecule has 2 aromatic heterocycles. The third kappa shape index (κ3) is 3.72. The number of H-pyrrole nitrogens is 1. The van der Waals surface area contributed by atoms with Crippen molar-refractivity contribution < 1.29 is 9.72 Å². The third-order valence-electron chi connectivity index (χ3n) is 4.84. The normalized spacial score (nSPS) is 10.9. The zero-order valence-electron chi connectivity index (χ0n) is 16.5. The lowest BCUT2D eigenvalue weighted by atomic mass is 10.1. The van der Waals surface area contributed by atoms with E-state index in [1.54, 1.807) is 0 Å². The maximum absolute atomic E-state index is 12.7. The monoisotopic (exact) mass is 441 g/mol. The Morgan fingerprint density at radius 1 is 0.938 bits per heavy atom. The SMILES string of the molecule is O=C(Nc1nc(-c2ccccc2)c(-c2nc3ccccc3[nH]2)s1)c1ccc([N+](=O)[O-])cc1. The van der Waals surface area contributed by atoms with Crippen LogP contribution in [0.25, 0.3) is 33.0 Å². The Bertz CT molecular complexity index is 1410. The average molecular weight is 441 g/mol. The van der Waals surface area contributed by atoms with Crippen LogP contribution < -0.4 is 5.32 Å². The minimum Gasteiger partial charge on any atom is -0.337 e. The van der Waals surface area contributed by atoms with Crippen LogP contribution in [-0.4, -0.2) is 25.8 Å². The number of anilines is 1. The number of aromatic nitrogens is 3. The number of carbonyl (C=O) groups excluding carboxylic acids is 1. The molecule has 0 fully saturated rings. The minimum absolute atomic E-state index is 0.0747. The number of nitro benzene ring substituents is 1. The Kier molecular flexibility index (Phi) is 4.92. The Hall–Kier alpha value is -4.37. The summed E-state index contributed by atoms with van der Waals surface area (Å²) in [5, 5.41) is 14.0. The number of aromatic amines is 1. The van der Waals surface area contributed by atoms with E-state index in [2.05, 4.69) is 20.3 Å². The van der Waals surface area contributed by atoms with Crippen molar-refractivity contribution in [2.24, 2.45) is 0 Å². The number of para-hydroxylation sites is 2. The van der Waals surface area contributed by atoms with Gasteiger partial charge in [-0.1, -0.05) is 53.8 Å². The number of non-ortho nitro benzene ring substituents is 1. The number of imidazole rings is 1. The van der Waals surface area contributed by atoms with E-state index in [4.69, 9.17) is 0 Å². The van der Waals surface area contributed by atoms with Gasteiger partial charge >= 0.3 is 0 Å². The molecule has 1 amide bonds. The van der Waals surface area contributed by atoms with E-state index in [-0.39, 0.29) is 5.69 Å². The fourth-order valence-electron chi connectivity index (χ4n) is 3.29. The maximum Gasteiger partial charge on any atom is 0.269 e. The molecule has 0 aliphatic rings. The van der Waals surface area contributed by atoms with Crippen LogP contribution in [-0.2, 0) is 0 Å². The van der Waals surface area contributed by atoms with Crippen molar-refractivity contribution in [2.75, 3.05) is 5.32 Å². The summed E-state index contributed by atoms with van der Waals surface area (Å²) in [7, 11) is 0. The van der Waals surface area contributed by atoms with Crippen LogP contribution in [0.5, 0.6) is 0 Å². The van der Waals surface area contributed by atoms with Crippen LogP contribution >= 0.6 is 11.3 Å². The van der Waals surface area contributed by atoms with E-state index in [9.17, 15) is 14.9 Å². The van der Waals surface area contributed by atoms with Crippen LogP contribution in [0.4, 0.5) is 10.8 Å². The molecule has 5 rings (SSSR count). The largest absolute Gasteiger partial charge is 0.337 e. The van der Waals surface area contributed by atoms with Gasteiger partial charge in [0.25, 0.3) is 11.6 Å². The highest BCUT2D eigenvalue weighted by Crippen LogP contribution is 2.38. The molecule has 9 heteroatoms. The fraction of sp³-hybridized carbons (Fsp3) is 0. The molecule has 8 nitrogen and oxygen atoms in total. The topological polar surface area (TPSA) is 114 Å². The number of nitro groups is 1. The van der Waals surface area contributed by atoms with Crippen molar-refractivity contribution in [1.29, 1.82) is 0 Å². The van der Waals surface area contributed by atoms with E-state index in [1.807, 2.05) is 54.6 Å². The van der Waals surface area contributed by atoms with E-state index in [1.165, 1.54) is 35.6 Å². The number of rotatable bonds is 5. The molecule has 2 heterocycles. The highest BCUT2D eigenvalue weighted by Gasteiger charge is 2.20. The zero-order valence-corrected chi connectivity index (χ0v) is 17.3. The molecule has 0 saturated heterocycles. The highest BCUT2D eigenvalue weighted by atomic mass is 32.1. The number of amides is 1. The van der Waals surface area contributed by atoms with Crippen molar-refractivity contribution >= 4 is 39.1 Å². The molecule has 2 N–H and O–H groups in total. The van der Waals surface area contributed by atoms with Gasteiger partial charge < -0.3 is 4.98 Å². The fourth-order valence-corrected chi connectivity index (χ4v) is 4.22. The second-order valence-corrected chi connectivity index (χ2v) is 7.92. The number of hydrogen-bond acceptors (Lipinski definition) is 6. The molecule has 3 aromatic carbocycles. The molecule has 32 heavy (non-hydrogen) atoms. The summed E-state index contributed by atoms with van der Waals surface area (Å²) in [5.41, 5.74) is 3.58. The number of hydrogen-bond donors (Lipinski definition) is 2. The summed E-state index contributed by atoms with van der Waals surface area (Å²) in [4.78, 5) is 36.5. The Morgan fingerprint density at radius 3 is 2.38 bits per heavy atom. The summed E-state index contributed by atoms with van der Waals surface area (Å²) < 4.78 is 0. The molecule has 5 aromatic rings. The van der Waals surface area contributed by atoms with Gasteiger partial charge in [-0.2, -0.15) is 0 Å². The predicted molar refractivity (Wildman–Crippen MR) is 124 cm³/mol. The smallest absolute Gasteiger partial charge is 0.269 e. The van der Waals surface area contributed by atoms with Gasteiger partial charge in [-0.15, -0.1) is 0 Å². The first-order valence-corrected chi connectivity index (χ1v) is 10.5. The lowest BCUT2D eigenvalue weighted by molar-refractivity contribution is -0.384. The van der Waals surface area contributed by atoms with Crippen molar-refractivity contribution in [3.8, 4) is 22.0 Å². The second kappa shape index (κ2) is 8.05. The molecule has 0 aliphatic carbocycles. The van der Waals surface area contributed by atoms with Crippen molar-refractivity contribution in [3.05, 3.63) is 94.5 Å². The van der Waals surface area contributed by atoms with Gasteiger partial charge in [0.15, 0.2) is 11.0 Å². The van der Waals surface area contributed by atoms with Crippen LogP contribution in [0.3, 0.4) is 0 Å². The van der Waals surface area contributed by atoms with Gasteiger partial charge in [-0.25, -0.2) is 9.97 Å². The summed E-state index contributed by atoms with van der Waals surface area (Å²) in [6.07, 6.45) is 0. The second-order valence-electron chi connectivity index (χ2n) is 6.92. The van der Waals surface area contributed by atoms with Crippen molar-refractivity contribution in [2.45, 2.75) is 0 Å². The molecule has 0 radical (unpaired) electrons. The van der Waals surface area contributed by atoms with Gasteiger partial charge in [0.05, 0.1) is 26.5 Å². The number of carbonyl (C=O) groups is 1. The number of fused-ring (bicyclic) bond motifs is 1. The Labute approximate surface area is 185 Å². The summed E-state index contributed by atoms with van der Waals surface area (Å²) in [6, 6.07) is 22.8. The van der Waals surface area contributed by atoms with Crippen LogP contribution in [0.15, 0.2) is 78.9 Å². The molecular formula is C23H15N5O3S.